The molecule has 0 aliphatic rings. The molecular weight excluding hydrogens is 430 g/mol. The Bertz CT molecular complexity index is 1500. The summed E-state index contributed by atoms with van der Waals surface area (Å²) in [6.45, 7) is 0. The molecule has 0 fully saturated rings. The number of nitrogens with zero attached hydrogens (tertiary/aromatic N) is 3. The number of benzene rings is 4. The van der Waals surface area contributed by atoms with E-state index in [0.717, 1.165) is 27.9 Å². The van der Waals surface area contributed by atoms with Gasteiger partial charge in [0.15, 0.2) is 0 Å². The van der Waals surface area contributed by atoms with Gasteiger partial charge < -0.3 is 4.74 Å². The van der Waals surface area contributed by atoms with Crippen LogP contribution in [0.15, 0.2) is 103 Å². The van der Waals surface area contributed by atoms with E-state index in [-0.39, 0.29) is 11.4 Å². The number of nitro benzene ring substituents is 1. The second-order valence-corrected chi connectivity index (χ2v) is 7.49. The van der Waals surface area contributed by atoms with Crippen LogP contribution < -0.4 is 4.74 Å². The highest BCUT2D eigenvalue weighted by Gasteiger charge is 2.15. The van der Waals surface area contributed by atoms with Crippen molar-refractivity contribution in [2.75, 3.05) is 0 Å². The molecule has 4 aromatic carbocycles. The first kappa shape index (κ1) is 21.0. The molecule has 7 nitrogen and oxygen atoms in total. The van der Waals surface area contributed by atoms with Gasteiger partial charge in [-0.2, -0.15) is 0 Å². The predicted molar refractivity (Wildman–Crippen MR) is 128 cm³/mol. The van der Waals surface area contributed by atoms with E-state index in [4.69, 9.17) is 14.7 Å². The topological polar surface area (TPSA) is 95.2 Å². The third-order valence-corrected chi connectivity index (χ3v) is 5.27. The largest absolute Gasteiger partial charge is 0.423 e. The maximum atomic E-state index is 12.6. The van der Waals surface area contributed by atoms with E-state index in [1.54, 1.807) is 24.3 Å². The van der Waals surface area contributed by atoms with Crippen LogP contribution in [-0.4, -0.2) is 20.9 Å². The molecule has 164 valence electrons. The van der Waals surface area contributed by atoms with Crippen LogP contribution in [0, 0.1) is 10.1 Å². The fraction of sp³-hybridized carbons (Fsp3) is 0. The van der Waals surface area contributed by atoms with Crippen molar-refractivity contribution in [2.24, 2.45) is 0 Å². The van der Waals surface area contributed by atoms with Gasteiger partial charge in [0.1, 0.15) is 5.75 Å². The molecular formula is C27H17N3O4. The van der Waals surface area contributed by atoms with Gasteiger partial charge in [-0.3, -0.25) is 10.1 Å². The van der Waals surface area contributed by atoms with E-state index in [1.165, 1.54) is 24.3 Å². The molecule has 0 spiro atoms. The molecule has 1 heterocycles. The summed E-state index contributed by atoms with van der Waals surface area (Å²) in [7, 11) is 0. The summed E-state index contributed by atoms with van der Waals surface area (Å²) in [6.07, 6.45) is 0. The highest BCUT2D eigenvalue weighted by molar-refractivity contribution is 5.92. The second kappa shape index (κ2) is 8.91. The van der Waals surface area contributed by atoms with Gasteiger partial charge in [-0.25, -0.2) is 14.8 Å². The maximum absolute atomic E-state index is 12.6. The SMILES string of the molecule is O=C(Oc1ccc([N+](=O)[O-])cc1)c1ccc(-c2nc3ccccc3nc2-c2ccccc2)cc1. The number of aromatic nitrogens is 2. The molecule has 0 bridgehead atoms. The lowest BCUT2D eigenvalue weighted by Gasteiger charge is -2.11. The zero-order chi connectivity index (χ0) is 23.5. The van der Waals surface area contributed by atoms with Crippen LogP contribution in [0.3, 0.4) is 0 Å². The third kappa shape index (κ3) is 4.22. The third-order valence-electron chi connectivity index (χ3n) is 5.27. The molecule has 5 aromatic rings. The van der Waals surface area contributed by atoms with Crippen molar-refractivity contribution in [3.63, 3.8) is 0 Å². The van der Waals surface area contributed by atoms with Gasteiger partial charge in [0.25, 0.3) is 5.69 Å². The Labute approximate surface area is 194 Å². The summed E-state index contributed by atoms with van der Waals surface area (Å²) in [6, 6.07) is 29.8. The number of carbonyl (C=O) groups is 1. The number of hydrogen-bond acceptors (Lipinski definition) is 6. The van der Waals surface area contributed by atoms with Crippen molar-refractivity contribution in [3.05, 3.63) is 119 Å². The van der Waals surface area contributed by atoms with Crippen LogP contribution in [0.4, 0.5) is 5.69 Å². The minimum absolute atomic E-state index is 0.0742. The fourth-order valence-electron chi connectivity index (χ4n) is 3.56. The molecule has 34 heavy (non-hydrogen) atoms. The summed E-state index contributed by atoms with van der Waals surface area (Å²) in [4.78, 5) is 32.5. The van der Waals surface area contributed by atoms with Gasteiger partial charge in [-0.05, 0) is 36.4 Å². The molecule has 0 saturated heterocycles. The van der Waals surface area contributed by atoms with Crippen molar-refractivity contribution in [2.45, 2.75) is 0 Å². The van der Waals surface area contributed by atoms with Crippen LogP contribution >= 0.6 is 0 Å². The number of rotatable bonds is 5. The fourth-order valence-corrected chi connectivity index (χ4v) is 3.56. The molecule has 5 rings (SSSR count). The van der Waals surface area contributed by atoms with Crippen LogP contribution in [0.2, 0.25) is 0 Å². The molecule has 0 atom stereocenters. The van der Waals surface area contributed by atoms with Gasteiger partial charge in [-0.1, -0.05) is 54.6 Å². The normalized spacial score (nSPS) is 10.7. The van der Waals surface area contributed by atoms with Gasteiger partial charge in [-0.15, -0.1) is 0 Å². The summed E-state index contributed by atoms with van der Waals surface area (Å²) in [5, 5.41) is 10.8. The highest BCUT2D eigenvalue weighted by atomic mass is 16.6. The molecule has 0 aliphatic carbocycles. The smallest absolute Gasteiger partial charge is 0.343 e. The van der Waals surface area contributed by atoms with Crippen molar-refractivity contribution in [3.8, 4) is 28.3 Å². The summed E-state index contributed by atoms with van der Waals surface area (Å²) >= 11 is 0. The number of non-ortho nitro benzene ring substituents is 1. The Balaban J connectivity index is 1.46. The minimum Gasteiger partial charge on any atom is -0.423 e. The lowest BCUT2D eigenvalue weighted by Crippen LogP contribution is -2.08. The van der Waals surface area contributed by atoms with E-state index in [1.807, 2.05) is 54.6 Å². The predicted octanol–water partition coefficient (Wildman–Crippen LogP) is 6.09. The Morgan fingerprint density at radius 2 is 1.21 bits per heavy atom. The van der Waals surface area contributed by atoms with Crippen molar-refractivity contribution < 1.29 is 14.5 Å². The maximum Gasteiger partial charge on any atom is 0.343 e. The van der Waals surface area contributed by atoms with Crippen LogP contribution in [0.25, 0.3) is 33.5 Å². The summed E-state index contributed by atoms with van der Waals surface area (Å²) < 4.78 is 5.34. The van der Waals surface area contributed by atoms with Crippen LogP contribution in [-0.2, 0) is 0 Å². The van der Waals surface area contributed by atoms with Crippen LogP contribution in [0.5, 0.6) is 5.75 Å². The van der Waals surface area contributed by atoms with E-state index in [9.17, 15) is 14.9 Å². The average molecular weight is 447 g/mol. The van der Waals surface area contributed by atoms with Crippen LogP contribution in [0.1, 0.15) is 10.4 Å². The Morgan fingerprint density at radius 3 is 1.76 bits per heavy atom. The first-order valence-electron chi connectivity index (χ1n) is 10.5. The molecule has 0 radical (unpaired) electrons. The molecule has 7 heteroatoms. The van der Waals surface area contributed by atoms with E-state index >= 15 is 0 Å². The van der Waals surface area contributed by atoms with Crippen molar-refractivity contribution in [1.82, 2.24) is 9.97 Å². The van der Waals surface area contributed by atoms with Gasteiger partial charge >= 0.3 is 5.97 Å². The van der Waals surface area contributed by atoms with Gasteiger partial charge in [0.05, 0.1) is 32.9 Å². The Morgan fingerprint density at radius 1 is 0.676 bits per heavy atom. The number of fused-ring (bicyclic) bond motifs is 1. The minimum atomic E-state index is -0.562. The standard InChI is InChI=1S/C27H17N3O4/c31-27(34-22-16-14-21(15-17-22)30(32)33)20-12-10-19(11-13-20)26-25(18-6-2-1-3-7-18)28-23-8-4-5-9-24(23)29-26/h1-17H. The first-order chi connectivity index (χ1) is 16.6. The lowest BCUT2D eigenvalue weighted by atomic mass is 10.0. The van der Waals surface area contributed by atoms with Gasteiger partial charge in [0.2, 0.25) is 0 Å². The number of para-hydroxylation sites is 2. The number of hydrogen-bond donors (Lipinski definition) is 0. The Kier molecular flexibility index (Phi) is 5.50. The molecule has 0 saturated carbocycles. The first-order valence-corrected chi connectivity index (χ1v) is 10.5. The number of carbonyl (C=O) groups excluding carboxylic acids is 1. The summed E-state index contributed by atoms with van der Waals surface area (Å²) in [5.74, 6) is -0.334. The lowest BCUT2D eigenvalue weighted by molar-refractivity contribution is -0.384. The molecule has 0 aliphatic heterocycles. The quantitative estimate of drug-likeness (QED) is 0.140. The highest BCUT2D eigenvalue weighted by Crippen LogP contribution is 2.31. The zero-order valence-corrected chi connectivity index (χ0v) is 17.8. The molecule has 1 aromatic heterocycles. The monoisotopic (exact) mass is 447 g/mol. The number of esters is 1. The van der Waals surface area contributed by atoms with Gasteiger partial charge in [0, 0.05) is 23.3 Å². The second-order valence-electron chi connectivity index (χ2n) is 7.49. The van der Waals surface area contributed by atoms with E-state index < -0.39 is 10.9 Å². The number of nitro groups is 1. The van der Waals surface area contributed by atoms with E-state index in [2.05, 4.69) is 0 Å². The Hall–Kier alpha value is -4.91. The number of ether oxygens (including phenoxy) is 1. The van der Waals surface area contributed by atoms with Crippen molar-refractivity contribution >= 4 is 22.7 Å². The van der Waals surface area contributed by atoms with Crippen molar-refractivity contribution in [1.29, 1.82) is 0 Å². The molecule has 0 N–H and O–H groups in total. The van der Waals surface area contributed by atoms with E-state index in [0.29, 0.717) is 11.3 Å². The molecule has 0 unspecified atom stereocenters. The zero-order valence-electron chi connectivity index (χ0n) is 17.8. The molecule has 0 amide bonds. The average Bonchev–Trinajstić information content (AvgIpc) is 2.89. The summed E-state index contributed by atoms with van der Waals surface area (Å²) in [5.41, 5.74) is 5.06.